The zero-order valence-electron chi connectivity index (χ0n) is 14.7. The van der Waals surface area contributed by atoms with E-state index in [1.165, 1.54) is 5.56 Å². The van der Waals surface area contributed by atoms with Gasteiger partial charge in [-0.2, -0.15) is 5.10 Å². The van der Waals surface area contributed by atoms with Gasteiger partial charge in [-0.25, -0.2) is 5.43 Å². The number of benzene rings is 2. The summed E-state index contributed by atoms with van der Waals surface area (Å²) < 4.78 is 0. The maximum absolute atomic E-state index is 11.9. The molecule has 0 saturated carbocycles. The Bertz CT molecular complexity index is 765. The minimum atomic E-state index is -0.457. The smallest absolute Gasteiger partial charge is 0.249 e. The summed E-state index contributed by atoms with van der Waals surface area (Å²) >= 11 is 0. The van der Waals surface area contributed by atoms with Crippen molar-refractivity contribution in [1.82, 2.24) is 5.43 Å². The Morgan fingerprint density at radius 3 is 2.36 bits per heavy atom. The van der Waals surface area contributed by atoms with Crippen LogP contribution in [0.2, 0.25) is 0 Å². The third-order valence-corrected chi connectivity index (χ3v) is 3.75. The fourth-order valence-corrected chi connectivity index (χ4v) is 2.24. The molecule has 0 unspecified atom stereocenters. The van der Waals surface area contributed by atoms with Crippen LogP contribution in [-0.4, -0.2) is 18.0 Å². The molecule has 0 aliphatic heterocycles. The fraction of sp³-hybridized carbons (Fsp3) is 0.250. The lowest BCUT2D eigenvalue weighted by molar-refractivity contribution is -0.126. The molecular weight excluding hydrogens is 314 g/mol. The van der Waals surface area contributed by atoms with Gasteiger partial charge in [0.15, 0.2) is 0 Å². The van der Waals surface area contributed by atoms with Gasteiger partial charge in [0.1, 0.15) is 6.42 Å². The van der Waals surface area contributed by atoms with Gasteiger partial charge in [0, 0.05) is 5.69 Å². The SMILES string of the molecule is Cc1ccccc1NC(=O)CC(=O)NN=Cc1ccc(C(C)C)cc1. The van der Waals surface area contributed by atoms with E-state index in [0.717, 1.165) is 11.1 Å². The standard InChI is InChI=1S/C20H23N3O2/c1-14(2)17-10-8-16(9-11-17)13-21-23-20(25)12-19(24)22-18-7-5-4-6-15(18)3/h4-11,13-14H,12H2,1-3H3,(H,22,24)(H,23,25). The van der Waals surface area contributed by atoms with Crippen molar-refractivity contribution < 1.29 is 9.59 Å². The largest absolute Gasteiger partial charge is 0.325 e. The second kappa shape index (κ2) is 8.78. The summed E-state index contributed by atoms with van der Waals surface area (Å²) in [6.45, 7) is 6.15. The Morgan fingerprint density at radius 1 is 1.04 bits per heavy atom. The summed E-state index contributed by atoms with van der Waals surface area (Å²) in [5.74, 6) is -0.359. The highest BCUT2D eigenvalue weighted by atomic mass is 16.2. The van der Waals surface area contributed by atoms with Gasteiger partial charge in [0.2, 0.25) is 11.8 Å². The Labute approximate surface area is 148 Å². The lowest BCUT2D eigenvalue weighted by Gasteiger charge is -2.07. The number of rotatable bonds is 6. The molecule has 2 rings (SSSR count). The normalized spacial score (nSPS) is 10.9. The van der Waals surface area contributed by atoms with Crippen LogP contribution >= 0.6 is 0 Å². The average molecular weight is 337 g/mol. The van der Waals surface area contributed by atoms with Crippen LogP contribution in [0.3, 0.4) is 0 Å². The zero-order valence-corrected chi connectivity index (χ0v) is 14.7. The quantitative estimate of drug-likeness (QED) is 0.480. The first-order valence-electron chi connectivity index (χ1n) is 8.23. The average Bonchev–Trinajstić information content (AvgIpc) is 2.57. The number of carbonyl (C=O) groups is 2. The number of amides is 2. The molecule has 2 aromatic carbocycles. The van der Waals surface area contributed by atoms with Crippen molar-refractivity contribution in [3.05, 3.63) is 65.2 Å². The molecule has 0 heterocycles. The van der Waals surface area contributed by atoms with Gasteiger partial charge < -0.3 is 5.32 Å². The summed E-state index contributed by atoms with van der Waals surface area (Å²) in [6.07, 6.45) is 1.28. The van der Waals surface area contributed by atoms with Crippen LogP contribution in [0.5, 0.6) is 0 Å². The predicted octanol–water partition coefficient (Wildman–Crippen LogP) is 3.60. The molecule has 2 aromatic rings. The molecule has 2 amide bonds. The summed E-state index contributed by atoms with van der Waals surface area (Å²) in [5.41, 5.74) is 6.14. The number of carbonyl (C=O) groups excluding carboxylic acids is 2. The van der Waals surface area contributed by atoms with Crippen molar-refractivity contribution in [3.8, 4) is 0 Å². The number of hydrogen-bond donors (Lipinski definition) is 2. The Balaban J connectivity index is 1.81. The van der Waals surface area contributed by atoms with Gasteiger partial charge >= 0.3 is 0 Å². The number of hydrogen-bond acceptors (Lipinski definition) is 3. The topological polar surface area (TPSA) is 70.6 Å². The molecule has 0 aliphatic rings. The molecule has 0 bridgehead atoms. The lowest BCUT2D eigenvalue weighted by Crippen LogP contribution is -2.24. The Morgan fingerprint density at radius 2 is 1.72 bits per heavy atom. The zero-order chi connectivity index (χ0) is 18.2. The number of nitrogens with zero attached hydrogens (tertiary/aromatic N) is 1. The molecule has 0 aliphatic carbocycles. The van der Waals surface area contributed by atoms with Crippen LogP contribution in [0.25, 0.3) is 0 Å². The summed E-state index contributed by atoms with van der Waals surface area (Å²) in [4.78, 5) is 23.7. The van der Waals surface area contributed by atoms with E-state index in [1.807, 2.05) is 49.4 Å². The molecule has 0 saturated heterocycles. The minimum Gasteiger partial charge on any atom is -0.325 e. The lowest BCUT2D eigenvalue weighted by atomic mass is 10.0. The molecule has 0 radical (unpaired) electrons. The fourth-order valence-electron chi connectivity index (χ4n) is 2.24. The van der Waals surface area contributed by atoms with Crippen LogP contribution in [0.4, 0.5) is 5.69 Å². The van der Waals surface area contributed by atoms with Crippen LogP contribution in [-0.2, 0) is 9.59 Å². The molecule has 0 spiro atoms. The van der Waals surface area contributed by atoms with E-state index in [1.54, 1.807) is 12.3 Å². The van der Waals surface area contributed by atoms with Crippen LogP contribution in [0, 0.1) is 6.92 Å². The van der Waals surface area contributed by atoms with Crippen molar-refractivity contribution in [2.75, 3.05) is 5.32 Å². The molecule has 2 N–H and O–H groups in total. The highest BCUT2D eigenvalue weighted by Crippen LogP contribution is 2.14. The van der Waals surface area contributed by atoms with E-state index in [-0.39, 0.29) is 12.3 Å². The second-order valence-electron chi connectivity index (χ2n) is 6.15. The predicted molar refractivity (Wildman–Crippen MR) is 101 cm³/mol. The van der Waals surface area contributed by atoms with Gasteiger partial charge in [-0.15, -0.1) is 0 Å². The molecule has 5 heteroatoms. The first-order chi connectivity index (χ1) is 12.0. The van der Waals surface area contributed by atoms with Gasteiger partial charge in [-0.3, -0.25) is 9.59 Å². The van der Waals surface area contributed by atoms with Crippen molar-refractivity contribution in [1.29, 1.82) is 0 Å². The monoisotopic (exact) mass is 337 g/mol. The van der Waals surface area contributed by atoms with Crippen molar-refractivity contribution >= 4 is 23.7 Å². The number of para-hydroxylation sites is 1. The van der Waals surface area contributed by atoms with E-state index in [4.69, 9.17) is 0 Å². The van der Waals surface area contributed by atoms with E-state index in [9.17, 15) is 9.59 Å². The molecule has 0 fully saturated rings. The number of aryl methyl sites for hydroxylation is 1. The van der Waals surface area contributed by atoms with Crippen LogP contribution < -0.4 is 10.7 Å². The van der Waals surface area contributed by atoms with Gasteiger partial charge in [-0.1, -0.05) is 56.3 Å². The minimum absolute atomic E-state index is 0.280. The van der Waals surface area contributed by atoms with E-state index in [2.05, 4.69) is 29.7 Å². The molecule has 25 heavy (non-hydrogen) atoms. The van der Waals surface area contributed by atoms with Crippen molar-refractivity contribution in [3.63, 3.8) is 0 Å². The molecule has 5 nitrogen and oxygen atoms in total. The summed E-state index contributed by atoms with van der Waals surface area (Å²) in [6, 6.07) is 15.4. The van der Waals surface area contributed by atoms with Crippen LogP contribution in [0.1, 0.15) is 42.9 Å². The number of anilines is 1. The van der Waals surface area contributed by atoms with Gasteiger partial charge in [0.25, 0.3) is 0 Å². The van der Waals surface area contributed by atoms with E-state index < -0.39 is 5.91 Å². The van der Waals surface area contributed by atoms with Gasteiger partial charge in [-0.05, 0) is 35.6 Å². The maximum atomic E-state index is 11.9. The Kier molecular flexibility index (Phi) is 6.46. The van der Waals surface area contributed by atoms with E-state index >= 15 is 0 Å². The molecule has 0 atom stereocenters. The number of hydrazone groups is 1. The first kappa shape index (κ1) is 18.4. The third-order valence-electron chi connectivity index (χ3n) is 3.75. The summed E-state index contributed by atoms with van der Waals surface area (Å²) in [5, 5.41) is 6.60. The molecular formula is C20H23N3O2. The number of nitrogens with one attached hydrogen (secondary N) is 2. The molecule has 130 valence electrons. The van der Waals surface area contributed by atoms with E-state index in [0.29, 0.717) is 11.6 Å². The van der Waals surface area contributed by atoms with Crippen molar-refractivity contribution in [2.45, 2.75) is 33.1 Å². The maximum Gasteiger partial charge on any atom is 0.249 e. The van der Waals surface area contributed by atoms with Gasteiger partial charge in [0.05, 0.1) is 6.21 Å². The first-order valence-corrected chi connectivity index (χ1v) is 8.23. The second-order valence-corrected chi connectivity index (χ2v) is 6.15. The molecule has 0 aromatic heterocycles. The van der Waals surface area contributed by atoms with Crippen molar-refractivity contribution in [2.24, 2.45) is 5.10 Å². The highest BCUT2D eigenvalue weighted by molar-refractivity contribution is 6.04. The Hall–Kier alpha value is -2.95. The highest BCUT2D eigenvalue weighted by Gasteiger charge is 2.09. The third kappa shape index (κ3) is 5.88. The van der Waals surface area contributed by atoms with Crippen LogP contribution in [0.15, 0.2) is 53.6 Å². The summed E-state index contributed by atoms with van der Waals surface area (Å²) in [7, 11) is 0.